The number of hydrogen-bond donors (Lipinski definition) is 0. The molecular formula is C9H8ClN. The normalized spacial score (nSPS) is 13.1. The zero-order chi connectivity index (χ0) is 9.90. The van der Waals surface area contributed by atoms with Crippen LogP contribution in [0.3, 0.4) is 0 Å². The van der Waals surface area contributed by atoms with E-state index in [1.165, 1.54) is 0 Å². The smallest absolute Gasteiger partial charge is 0.0625 e. The van der Waals surface area contributed by atoms with Gasteiger partial charge in [0.1, 0.15) is 0 Å². The number of rotatable bonds is 2. The second-order valence-corrected chi connectivity index (χ2v) is 2.45. The lowest BCUT2D eigenvalue weighted by Gasteiger charge is -1.95. The maximum atomic E-state index is 8.40. The number of nitrogens with zero attached hydrogens (tertiary/aromatic N) is 1. The van der Waals surface area contributed by atoms with Gasteiger partial charge >= 0.3 is 0 Å². The van der Waals surface area contributed by atoms with E-state index in [9.17, 15) is 0 Å². The summed E-state index contributed by atoms with van der Waals surface area (Å²) >= 11 is 5.65. The van der Waals surface area contributed by atoms with E-state index in [2.05, 4.69) is 0 Å². The van der Waals surface area contributed by atoms with Gasteiger partial charge in [-0.2, -0.15) is 5.26 Å². The first-order valence-corrected chi connectivity index (χ1v) is 3.57. The number of nitriles is 1. The van der Waals surface area contributed by atoms with Crippen molar-refractivity contribution in [2.75, 3.05) is 0 Å². The molecule has 0 amide bonds. The molecule has 0 radical (unpaired) electrons. The summed E-state index contributed by atoms with van der Waals surface area (Å²) in [6.45, 7) is 0. The molecule has 0 saturated carbocycles. The number of benzene rings is 1. The summed E-state index contributed by atoms with van der Waals surface area (Å²) < 4.78 is 15.1. The molecule has 0 aliphatic rings. The van der Waals surface area contributed by atoms with Gasteiger partial charge in [-0.3, -0.25) is 0 Å². The van der Waals surface area contributed by atoms with Gasteiger partial charge in [-0.1, -0.05) is 23.7 Å². The van der Waals surface area contributed by atoms with Crippen LogP contribution in [0.2, 0.25) is 5.02 Å². The summed E-state index contributed by atoms with van der Waals surface area (Å²) in [5, 5.41) is 8.97. The standard InChI is InChI=1S/C9H8ClN/c10-9-5-3-8(4-6-9)2-1-7-11/h3-6H,1-2H2/i2D2. The summed E-state index contributed by atoms with van der Waals surface area (Å²) in [6.07, 6.45) is -1.73. The highest BCUT2D eigenvalue weighted by atomic mass is 35.5. The van der Waals surface area contributed by atoms with E-state index in [1.807, 2.05) is 6.07 Å². The fourth-order valence-electron chi connectivity index (χ4n) is 0.709. The van der Waals surface area contributed by atoms with Gasteiger partial charge in [-0.25, -0.2) is 0 Å². The maximum Gasteiger partial charge on any atom is 0.0625 e. The van der Waals surface area contributed by atoms with Crippen LogP contribution in [0.25, 0.3) is 0 Å². The zero-order valence-electron chi connectivity index (χ0n) is 7.84. The molecular weight excluding hydrogens is 158 g/mol. The van der Waals surface area contributed by atoms with Gasteiger partial charge in [-0.15, -0.1) is 0 Å². The Morgan fingerprint density at radius 2 is 2.09 bits per heavy atom. The van der Waals surface area contributed by atoms with E-state index in [0.717, 1.165) is 0 Å². The van der Waals surface area contributed by atoms with E-state index in [0.29, 0.717) is 10.6 Å². The lowest BCUT2D eigenvalue weighted by Crippen LogP contribution is -1.81. The van der Waals surface area contributed by atoms with Gasteiger partial charge in [0.2, 0.25) is 0 Å². The SMILES string of the molecule is [2H]C([2H])(CC#N)c1ccc(Cl)cc1. The van der Waals surface area contributed by atoms with Crippen LogP contribution in [0.4, 0.5) is 0 Å². The van der Waals surface area contributed by atoms with Crippen LogP contribution in [-0.4, -0.2) is 0 Å². The molecule has 0 unspecified atom stereocenters. The van der Waals surface area contributed by atoms with Crippen molar-refractivity contribution in [3.05, 3.63) is 34.9 Å². The number of halogens is 1. The van der Waals surface area contributed by atoms with Gasteiger partial charge in [0.05, 0.1) is 6.07 Å². The fourth-order valence-corrected chi connectivity index (χ4v) is 0.835. The average molecular weight is 168 g/mol. The van der Waals surface area contributed by atoms with Crippen molar-refractivity contribution in [1.82, 2.24) is 0 Å². The molecule has 0 spiro atoms. The van der Waals surface area contributed by atoms with Crippen LogP contribution in [-0.2, 0) is 6.37 Å². The van der Waals surface area contributed by atoms with Gasteiger partial charge in [0, 0.05) is 14.2 Å². The van der Waals surface area contributed by atoms with Crippen molar-refractivity contribution in [3.8, 4) is 6.07 Å². The maximum absolute atomic E-state index is 8.40. The van der Waals surface area contributed by atoms with E-state index < -0.39 is 6.37 Å². The molecule has 1 nitrogen and oxygen atoms in total. The van der Waals surface area contributed by atoms with Crippen LogP contribution >= 0.6 is 11.6 Å². The molecule has 0 atom stereocenters. The Hall–Kier alpha value is -1.00. The molecule has 0 fully saturated rings. The first-order valence-electron chi connectivity index (χ1n) is 4.19. The second-order valence-electron chi connectivity index (χ2n) is 2.02. The molecule has 0 aliphatic heterocycles. The predicted octanol–water partition coefficient (Wildman–Crippen LogP) is 2.80. The fraction of sp³-hybridized carbons (Fsp3) is 0.222. The summed E-state index contributed by atoms with van der Waals surface area (Å²) in [5.74, 6) is 0. The van der Waals surface area contributed by atoms with Gasteiger partial charge < -0.3 is 0 Å². The third-order valence-corrected chi connectivity index (χ3v) is 1.47. The molecule has 0 N–H and O–H groups in total. The van der Waals surface area contributed by atoms with Gasteiger partial charge in [-0.05, 0) is 24.1 Å². The van der Waals surface area contributed by atoms with Crippen LogP contribution in [0, 0.1) is 11.3 Å². The molecule has 0 heterocycles. The minimum atomic E-state index is -1.58. The molecule has 11 heavy (non-hydrogen) atoms. The summed E-state index contributed by atoms with van der Waals surface area (Å²) in [6, 6.07) is 8.24. The topological polar surface area (TPSA) is 23.8 Å². The summed E-state index contributed by atoms with van der Waals surface area (Å²) in [5.41, 5.74) is 0.485. The molecule has 0 aliphatic carbocycles. The highest BCUT2D eigenvalue weighted by Gasteiger charge is 1.91. The number of hydrogen-bond acceptors (Lipinski definition) is 1. The van der Waals surface area contributed by atoms with Crippen LogP contribution in [0.1, 0.15) is 14.7 Å². The quantitative estimate of drug-likeness (QED) is 0.665. The second kappa shape index (κ2) is 4.00. The van der Waals surface area contributed by atoms with Crippen molar-refractivity contribution >= 4 is 11.6 Å². The third kappa shape index (κ3) is 2.61. The Bertz CT molecular complexity index is 326. The summed E-state index contributed by atoms with van der Waals surface area (Å²) in [4.78, 5) is 0. The van der Waals surface area contributed by atoms with Crippen molar-refractivity contribution in [1.29, 1.82) is 5.26 Å². The lowest BCUT2D eigenvalue weighted by molar-refractivity contribution is 1.01. The van der Waals surface area contributed by atoms with Crippen molar-refractivity contribution in [2.24, 2.45) is 0 Å². The Balaban J connectivity index is 2.95. The highest BCUT2D eigenvalue weighted by Crippen LogP contribution is 2.10. The van der Waals surface area contributed by atoms with Gasteiger partial charge in [0.25, 0.3) is 0 Å². The molecule has 0 aromatic heterocycles. The molecule has 1 aromatic rings. The third-order valence-electron chi connectivity index (χ3n) is 1.22. The minimum Gasteiger partial charge on any atom is -0.198 e. The molecule has 2 heteroatoms. The van der Waals surface area contributed by atoms with E-state index in [1.54, 1.807) is 24.3 Å². The molecule has 0 bridgehead atoms. The first kappa shape index (κ1) is 5.62. The average Bonchev–Trinajstić information content (AvgIpc) is 2.05. The van der Waals surface area contributed by atoms with Crippen LogP contribution < -0.4 is 0 Å². The molecule has 0 saturated heterocycles. The van der Waals surface area contributed by atoms with Crippen molar-refractivity contribution in [3.63, 3.8) is 0 Å². The zero-order valence-corrected chi connectivity index (χ0v) is 6.60. The Morgan fingerprint density at radius 3 is 2.64 bits per heavy atom. The van der Waals surface area contributed by atoms with Crippen molar-refractivity contribution in [2.45, 2.75) is 12.8 Å². The van der Waals surface area contributed by atoms with E-state index >= 15 is 0 Å². The lowest BCUT2D eigenvalue weighted by atomic mass is 10.1. The van der Waals surface area contributed by atoms with E-state index in [-0.39, 0.29) is 6.42 Å². The highest BCUT2D eigenvalue weighted by molar-refractivity contribution is 6.30. The summed E-state index contributed by atoms with van der Waals surface area (Å²) in [7, 11) is 0. The Kier molecular flexibility index (Phi) is 2.05. The monoisotopic (exact) mass is 167 g/mol. The first-order chi connectivity index (χ1) is 6.06. The Labute approximate surface area is 74.0 Å². The van der Waals surface area contributed by atoms with Crippen LogP contribution in [0.5, 0.6) is 0 Å². The minimum absolute atomic E-state index is 0.144. The predicted molar refractivity (Wildman–Crippen MR) is 45.4 cm³/mol. The van der Waals surface area contributed by atoms with Crippen LogP contribution in [0.15, 0.2) is 24.3 Å². The van der Waals surface area contributed by atoms with Crippen molar-refractivity contribution < 1.29 is 2.74 Å². The molecule has 56 valence electrons. The molecule has 1 rings (SSSR count). The number of aryl methyl sites for hydroxylation is 1. The van der Waals surface area contributed by atoms with E-state index in [4.69, 9.17) is 19.6 Å². The molecule has 1 aromatic carbocycles. The Morgan fingerprint density at radius 1 is 1.45 bits per heavy atom. The largest absolute Gasteiger partial charge is 0.198 e. The van der Waals surface area contributed by atoms with Gasteiger partial charge in [0.15, 0.2) is 0 Å².